The molecule has 0 spiro atoms. The van der Waals surface area contributed by atoms with Crippen molar-refractivity contribution in [1.82, 2.24) is 0 Å². The van der Waals surface area contributed by atoms with Crippen LogP contribution in [0.15, 0.2) is 18.2 Å². The third kappa shape index (κ3) is 0.991. The Morgan fingerprint density at radius 2 is 2.36 bits per heavy atom. The first-order chi connectivity index (χ1) is 5.27. The SMILES string of the molecule is O=S1Cc2c(O)cccc2O1. The fourth-order valence-electron chi connectivity index (χ4n) is 1.02. The Bertz CT molecular complexity index is 321. The number of hydrogen-bond acceptors (Lipinski definition) is 3. The Morgan fingerprint density at radius 1 is 1.55 bits per heavy atom. The van der Waals surface area contributed by atoms with Crippen LogP contribution in [0.4, 0.5) is 0 Å². The standard InChI is InChI=1S/C7H6O3S/c8-6-2-1-3-7-5(6)4-11(9)10-7/h1-3,8H,4H2. The van der Waals surface area contributed by atoms with E-state index in [4.69, 9.17) is 4.18 Å². The zero-order chi connectivity index (χ0) is 7.84. The van der Waals surface area contributed by atoms with E-state index in [2.05, 4.69) is 0 Å². The lowest BCUT2D eigenvalue weighted by Gasteiger charge is -1.96. The van der Waals surface area contributed by atoms with Crippen molar-refractivity contribution in [3.05, 3.63) is 23.8 Å². The van der Waals surface area contributed by atoms with Gasteiger partial charge in [-0.2, -0.15) is 0 Å². The van der Waals surface area contributed by atoms with Crippen LogP contribution in [0, 0.1) is 0 Å². The van der Waals surface area contributed by atoms with Crippen molar-refractivity contribution in [2.45, 2.75) is 5.75 Å². The molecule has 1 N–H and O–H groups in total. The van der Waals surface area contributed by atoms with E-state index in [1.807, 2.05) is 0 Å². The van der Waals surface area contributed by atoms with Gasteiger partial charge >= 0.3 is 0 Å². The number of hydrogen-bond donors (Lipinski definition) is 1. The van der Waals surface area contributed by atoms with Crippen molar-refractivity contribution in [3.63, 3.8) is 0 Å². The fraction of sp³-hybridized carbons (Fsp3) is 0.143. The first-order valence-electron chi connectivity index (χ1n) is 3.15. The van der Waals surface area contributed by atoms with Gasteiger partial charge in [-0.1, -0.05) is 6.07 Å². The van der Waals surface area contributed by atoms with Crippen LogP contribution in [0.5, 0.6) is 11.5 Å². The molecule has 2 rings (SSSR count). The molecule has 1 atom stereocenters. The van der Waals surface area contributed by atoms with Gasteiger partial charge in [0.15, 0.2) is 0 Å². The molecule has 1 aliphatic heterocycles. The maximum atomic E-state index is 10.8. The normalized spacial score (nSPS) is 20.9. The minimum Gasteiger partial charge on any atom is -0.507 e. The molecule has 0 bridgehead atoms. The summed E-state index contributed by atoms with van der Waals surface area (Å²) in [6, 6.07) is 4.92. The van der Waals surface area contributed by atoms with Crippen molar-refractivity contribution in [3.8, 4) is 11.5 Å². The lowest BCUT2D eigenvalue weighted by molar-refractivity contribution is 0.469. The van der Waals surface area contributed by atoms with E-state index >= 15 is 0 Å². The van der Waals surface area contributed by atoms with Crippen LogP contribution in [0.1, 0.15) is 5.56 Å². The number of aromatic hydroxyl groups is 1. The molecule has 1 aromatic carbocycles. The summed E-state index contributed by atoms with van der Waals surface area (Å²) in [5.41, 5.74) is 0.644. The highest BCUT2D eigenvalue weighted by molar-refractivity contribution is 7.80. The van der Waals surface area contributed by atoms with E-state index in [0.717, 1.165) is 0 Å². The summed E-state index contributed by atoms with van der Waals surface area (Å²) in [5, 5.41) is 9.23. The van der Waals surface area contributed by atoms with Crippen molar-refractivity contribution >= 4 is 11.1 Å². The molecule has 1 heterocycles. The molecule has 11 heavy (non-hydrogen) atoms. The Labute approximate surface area is 66.3 Å². The Balaban J connectivity index is 2.57. The molecular weight excluding hydrogens is 164 g/mol. The monoisotopic (exact) mass is 170 g/mol. The summed E-state index contributed by atoms with van der Waals surface area (Å²) >= 11 is -1.29. The van der Waals surface area contributed by atoms with Crippen LogP contribution in [0.25, 0.3) is 0 Å². The minimum atomic E-state index is -1.29. The molecule has 0 fully saturated rings. The average Bonchev–Trinajstić information content (AvgIpc) is 2.31. The molecule has 3 nitrogen and oxygen atoms in total. The van der Waals surface area contributed by atoms with Crippen LogP contribution in [0.2, 0.25) is 0 Å². The van der Waals surface area contributed by atoms with Crippen LogP contribution in [0.3, 0.4) is 0 Å². The summed E-state index contributed by atoms with van der Waals surface area (Å²) in [7, 11) is 0. The lowest BCUT2D eigenvalue weighted by Crippen LogP contribution is -1.90. The third-order valence-corrected chi connectivity index (χ3v) is 2.44. The number of benzene rings is 1. The van der Waals surface area contributed by atoms with Gasteiger partial charge in [-0.05, 0) is 12.1 Å². The molecule has 0 aromatic heterocycles. The van der Waals surface area contributed by atoms with Crippen molar-refractivity contribution in [2.75, 3.05) is 0 Å². The van der Waals surface area contributed by atoms with Gasteiger partial charge in [-0.25, -0.2) is 4.21 Å². The summed E-state index contributed by atoms with van der Waals surface area (Å²) < 4.78 is 15.7. The maximum Gasteiger partial charge on any atom is 0.211 e. The highest BCUT2D eigenvalue weighted by atomic mass is 32.2. The molecule has 0 saturated carbocycles. The highest BCUT2D eigenvalue weighted by Gasteiger charge is 2.21. The van der Waals surface area contributed by atoms with E-state index in [1.165, 1.54) is 0 Å². The molecule has 1 unspecified atom stereocenters. The van der Waals surface area contributed by atoms with Gasteiger partial charge in [0.05, 0.1) is 11.3 Å². The van der Waals surface area contributed by atoms with Crippen molar-refractivity contribution in [1.29, 1.82) is 0 Å². The first kappa shape index (κ1) is 6.67. The predicted octanol–water partition coefficient (Wildman–Crippen LogP) is 0.948. The second kappa shape index (κ2) is 2.23. The third-order valence-electron chi connectivity index (χ3n) is 1.55. The smallest absolute Gasteiger partial charge is 0.211 e. The molecule has 4 heteroatoms. The molecule has 58 valence electrons. The zero-order valence-corrected chi connectivity index (χ0v) is 6.43. The molecule has 0 radical (unpaired) electrons. The number of fused-ring (bicyclic) bond motifs is 1. The van der Waals surface area contributed by atoms with Gasteiger partial charge in [0.2, 0.25) is 11.1 Å². The van der Waals surface area contributed by atoms with Gasteiger partial charge in [-0.3, -0.25) is 0 Å². The first-order valence-corrected chi connectivity index (χ1v) is 4.39. The summed E-state index contributed by atoms with van der Waals surface area (Å²) in [6.07, 6.45) is 0. The minimum absolute atomic E-state index is 0.161. The number of rotatable bonds is 0. The molecule has 1 aromatic rings. The average molecular weight is 170 g/mol. The fourth-order valence-corrected chi connectivity index (χ4v) is 1.97. The van der Waals surface area contributed by atoms with Gasteiger partial charge in [0.1, 0.15) is 11.5 Å². The lowest BCUT2D eigenvalue weighted by atomic mass is 10.2. The van der Waals surface area contributed by atoms with Crippen LogP contribution < -0.4 is 4.18 Å². The molecule has 0 aliphatic carbocycles. The quantitative estimate of drug-likeness (QED) is 0.630. The van der Waals surface area contributed by atoms with Gasteiger partial charge in [0.25, 0.3) is 0 Å². The van der Waals surface area contributed by atoms with Gasteiger partial charge in [-0.15, -0.1) is 0 Å². The van der Waals surface area contributed by atoms with E-state index in [9.17, 15) is 9.32 Å². The van der Waals surface area contributed by atoms with E-state index in [-0.39, 0.29) is 5.75 Å². The molecule has 0 saturated heterocycles. The second-order valence-electron chi connectivity index (χ2n) is 2.29. The van der Waals surface area contributed by atoms with E-state index < -0.39 is 11.1 Å². The Hall–Kier alpha value is -1.03. The summed E-state index contributed by atoms with van der Waals surface area (Å²) in [5.74, 6) is 0.985. The second-order valence-corrected chi connectivity index (χ2v) is 3.35. The Morgan fingerprint density at radius 3 is 3.09 bits per heavy atom. The molecule has 1 aliphatic rings. The molecule has 0 amide bonds. The van der Waals surface area contributed by atoms with Crippen LogP contribution in [-0.2, 0) is 16.8 Å². The van der Waals surface area contributed by atoms with Crippen molar-refractivity contribution in [2.24, 2.45) is 0 Å². The van der Waals surface area contributed by atoms with E-state index in [1.54, 1.807) is 18.2 Å². The van der Waals surface area contributed by atoms with Gasteiger partial charge < -0.3 is 9.29 Å². The van der Waals surface area contributed by atoms with Crippen LogP contribution >= 0.6 is 0 Å². The zero-order valence-electron chi connectivity index (χ0n) is 5.61. The van der Waals surface area contributed by atoms with Crippen LogP contribution in [-0.4, -0.2) is 9.32 Å². The summed E-state index contributed by atoms with van der Waals surface area (Å²) in [4.78, 5) is 0. The highest BCUT2D eigenvalue weighted by Crippen LogP contribution is 2.34. The maximum absolute atomic E-state index is 10.8. The Kier molecular flexibility index (Phi) is 1.35. The largest absolute Gasteiger partial charge is 0.507 e. The van der Waals surface area contributed by atoms with Crippen molar-refractivity contribution < 1.29 is 13.5 Å². The molecular formula is C7H6O3S. The van der Waals surface area contributed by atoms with Gasteiger partial charge in [0, 0.05) is 0 Å². The number of phenolic OH excluding ortho intramolecular Hbond substituents is 1. The summed E-state index contributed by atoms with van der Waals surface area (Å²) in [6.45, 7) is 0. The topological polar surface area (TPSA) is 46.5 Å². The number of phenols is 1. The predicted molar refractivity (Wildman–Crippen MR) is 40.6 cm³/mol. The van der Waals surface area contributed by atoms with E-state index in [0.29, 0.717) is 17.1 Å².